The number of nitrogens with zero attached hydrogens (tertiary/aromatic N) is 2. The van der Waals surface area contributed by atoms with Crippen molar-refractivity contribution in [3.8, 4) is 0 Å². The summed E-state index contributed by atoms with van der Waals surface area (Å²) >= 11 is 0. The Bertz CT molecular complexity index is 562. The Morgan fingerprint density at radius 3 is 2.39 bits per heavy atom. The average molecular weight is 256 g/mol. The fraction of sp³-hybridized carbons (Fsp3) is 0.462. The van der Waals surface area contributed by atoms with Crippen LogP contribution in [0.3, 0.4) is 0 Å². The van der Waals surface area contributed by atoms with Crippen LogP contribution in [0, 0.1) is 0 Å². The maximum Gasteiger partial charge on any atom is 0.406 e. The van der Waals surface area contributed by atoms with Gasteiger partial charge in [-0.1, -0.05) is 20.8 Å². The van der Waals surface area contributed by atoms with Gasteiger partial charge in [-0.2, -0.15) is 13.2 Å². The van der Waals surface area contributed by atoms with E-state index in [1.807, 2.05) is 26.8 Å². The molecule has 0 saturated heterocycles. The molecule has 0 bridgehead atoms. The van der Waals surface area contributed by atoms with Crippen molar-refractivity contribution in [2.75, 3.05) is 0 Å². The quantitative estimate of drug-likeness (QED) is 0.756. The molecule has 0 aliphatic carbocycles. The SMILES string of the molecule is CC(C)(C)c1ccnc2c1ccn2CC(F)(F)F. The molecular formula is C13H15F3N2. The van der Waals surface area contributed by atoms with Gasteiger partial charge >= 0.3 is 6.18 Å². The molecule has 0 fully saturated rings. The lowest BCUT2D eigenvalue weighted by Crippen LogP contribution is -2.17. The van der Waals surface area contributed by atoms with E-state index in [0.717, 1.165) is 15.5 Å². The van der Waals surface area contributed by atoms with Gasteiger partial charge in [0, 0.05) is 17.8 Å². The first-order valence-electron chi connectivity index (χ1n) is 5.69. The lowest BCUT2D eigenvalue weighted by atomic mass is 9.86. The molecule has 2 aromatic heterocycles. The first kappa shape index (κ1) is 12.9. The highest BCUT2D eigenvalue weighted by Crippen LogP contribution is 2.30. The number of fused-ring (bicyclic) bond motifs is 1. The number of halogens is 3. The van der Waals surface area contributed by atoms with E-state index in [-0.39, 0.29) is 5.41 Å². The van der Waals surface area contributed by atoms with Crippen LogP contribution < -0.4 is 0 Å². The van der Waals surface area contributed by atoms with Crippen LogP contribution >= 0.6 is 0 Å². The first-order chi connectivity index (χ1) is 8.18. The lowest BCUT2D eigenvalue weighted by Gasteiger charge is -2.20. The number of alkyl halides is 3. The smallest absolute Gasteiger partial charge is 0.323 e. The van der Waals surface area contributed by atoms with Crippen LogP contribution in [0.4, 0.5) is 13.2 Å². The molecule has 0 aliphatic rings. The Morgan fingerprint density at radius 2 is 1.83 bits per heavy atom. The molecule has 0 amide bonds. The summed E-state index contributed by atoms with van der Waals surface area (Å²) in [6.45, 7) is 5.09. The largest absolute Gasteiger partial charge is 0.406 e. The van der Waals surface area contributed by atoms with E-state index in [2.05, 4.69) is 4.98 Å². The van der Waals surface area contributed by atoms with Crippen molar-refractivity contribution < 1.29 is 13.2 Å². The molecule has 0 N–H and O–H groups in total. The average Bonchev–Trinajstić information content (AvgIpc) is 2.57. The van der Waals surface area contributed by atoms with Gasteiger partial charge in [0.05, 0.1) is 0 Å². The Hall–Kier alpha value is -1.52. The van der Waals surface area contributed by atoms with Crippen molar-refractivity contribution in [1.82, 2.24) is 9.55 Å². The minimum Gasteiger partial charge on any atom is -0.323 e. The van der Waals surface area contributed by atoms with Crippen molar-refractivity contribution in [2.45, 2.75) is 38.9 Å². The zero-order chi connectivity index (χ0) is 13.6. The van der Waals surface area contributed by atoms with E-state index >= 15 is 0 Å². The first-order valence-corrected chi connectivity index (χ1v) is 5.69. The van der Waals surface area contributed by atoms with Gasteiger partial charge in [0.15, 0.2) is 0 Å². The van der Waals surface area contributed by atoms with E-state index < -0.39 is 12.7 Å². The van der Waals surface area contributed by atoms with Crippen molar-refractivity contribution >= 4 is 11.0 Å². The summed E-state index contributed by atoms with van der Waals surface area (Å²) in [4.78, 5) is 4.06. The van der Waals surface area contributed by atoms with Gasteiger partial charge in [-0.15, -0.1) is 0 Å². The van der Waals surface area contributed by atoms with E-state index in [4.69, 9.17) is 0 Å². The fourth-order valence-electron chi connectivity index (χ4n) is 2.07. The van der Waals surface area contributed by atoms with Gasteiger partial charge in [-0.05, 0) is 23.1 Å². The van der Waals surface area contributed by atoms with E-state index in [1.54, 1.807) is 12.3 Å². The molecular weight excluding hydrogens is 241 g/mol. The zero-order valence-corrected chi connectivity index (χ0v) is 10.5. The van der Waals surface area contributed by atoms with Crippen LogP contribution in [0.2, 0.25) is 0 Å². The Balaban J connectivity index is 2.56. The van der Waals surface area contributed by atoms with Gasteiger partial charge in [-0.3, -0.25) is 0 Å². The van der Waals surface area contributed by atoms with Crippen molar-refractivity contribution in [3.63, 3.8) is 0 Å². The highest BCUT2D eigenvalue weighted by Gasteiger charge is 2.29. The van der Waals surface area contributed by atoms with E-state index in [1.165, 1.54) is 6.20 Å². The van der Waals surface area contributed by atoms with Crippen LogP contribution in [0.25, 0.3) is 11.0 Å². The lowest BCUT2D eigenvalue weighted by molar-refractivity contribution is -0.139. The van der Waals surface area contributed by atoms with Crippen LogP contribution in [0.1, 0.15) is 26.3 Å². The maximum atomic E-state index is 12.4. The summed E-state index contributed by atoms with van der Waals surface area (Å²) in [6, 6.07) is 3.56. The van der Waals surface area contributed by atoms with Gasteiger partial charge < -0.3 is 4.57 Å². The minimum absolute atomic E-state index is 0.119. The topological polar surface area (TPSA) is 17.8 Å². The summed E-state index contributed by atoms with van der Waals surface area (Å²) < 4.78 is 38.4. The number of hydrogen-bond donors (Lipinski definition) is 0. The normalized spacial score (nSPS) is 13.2. The Morgan fingerprint density at radius 1 is 1.17 bits per heavy atom. The number of aromatic nitrogens is 2. The van der Waals surface area contributed by atoms with Crippen molar-refractivity contribution in [1.29, 1.82) is 0 Å². The third-order valence-electron chi connectivity index (χ3n) is 2.82. The second-order valence-corrected chi connectivity index (χ2v) is 5.40. The molecule has 0 aliphatic heterocycles. The molecule has 0 aromatic carbocycles. The summed E-state index contributed by atoms with van der Waals surface area (Å²) in [5, 5.41) is 0.786. The van der Waals surface area contributed by atoms with E-state index in [9.17, 15) is 13.2 Å². The van der Waals surface area contributed by atoms with E-state index in [0.29, 0.717) is 5.65 Å². The molecule has 0 radical (unpaired) electrons. The van der Waals surface area contributed by atoms with Gasteiger partial charge in [0.1, 0.15) is 12.2 Å². The van der Waals surface area contributed by atoms with Crippen LogP contribution in [0.5, 0.6) is 0 Å². The predicted molar refractivity (Wildman–Crippen MR) is 64.5 cm³/mol. The second kappa shape index (κ2) is 4.00. The summed E-state index contributed by atoms with van der Waals surface area (Å²) in [5.41, 5.74) is 1.28. The molecule has 2 nitrogen and oxygen atoms in total. The fourth-order valence-corrected chi connectivity index (χ4v) is 2.07. The van der Waals surface area contributed by atoms with Crippen molar-refractivity contribution in [3.05, 3.63) is 30.1 Å². The maximum absolute atomic E-state index is 12.4. The molecule has 2 heterocycles. The summed E-state index contributed by atoms with van der Waals surface area (Å²) in [7, 11) is 0. The Labute approximate surface area is 103 Å². The zero-order valence-electron chi connectivity index (χ0n) is 10.5. The molecule has 0 spiro atoms. The molecule has 18 heavy (non-hydrogen) atoms. The molecule has 0 saturated carbocycles. The van der Waals surface area contributed by atoms with Crippen LogP contribution in [-0.4, -0.2) is 15.7 Å². The van der Waals surface area contributed by atoms with Crippen molar-refractivity contribution in [2.24, 2.45) is 0 Å². The standard InChI is InChI=1S/C13H15F3N2/c1-12(2,3)10-4-6-17-11-9(10)5-7-18(11)8-13(14,15)16/h4-7H,8H2,1-3H3. The second-order valence-electron chi connectivity index (χ2n) is 5.40. The molecule has 0 unspecified atom stereocenters. The molecule has 2 aromatic rings. The third kappa shape index (κ3) is 2.49. The van der Waals surface area contributed by atoms with Crippen LogP contribution in [-0.2, 0) is 12.0 Å². The van der Waals surface area contributed by atoms with Gasteiger partial charge in [-0.25, -0.2) is 4.98 Å². The number of hydrogen-bond acceptors (Lipinski definition) is 1. The van der Waals surface area contributed by atoms with Crippen LogP contribution in [0.15, 0.2) is 24.5 Å². The molecule has 2 rings (SSSR count). The minimum atomic E-state index is -4.23. The van der Waals surface area contributed by atoms with Gasteiger partial charge in [0.25, 0.3) is 0 Å². The highest BCUT2D eigenvalue weighted by molar-refractivity contribution is 5.81. The summed E-state index contributed by atoms with van der Waals surface area (Å²) in [6.07, 6.45) is -1.22. The van der Waals surface area contributed by atoms with Gasteiger partial charge in [0.2, 0.25) is 0 Å². The highest BCUT2D eigenvalue weighted by atomic mass is 19.4. The predicted octanol–water partition coefficient (Wildman–Crippen LogP) is 3.90. The Kier molecular flexibility index (Phi) is 2.87. The molecule has 5 heteroatoms. The number of rotatable bonds is 1. The third-order valence-corrected chi connectivity index (χ3v) is 2.82. The molecule has 0 atom stereocenters. The molecule has 98 valence electrons. The number of pyridine rings is 1. The monoisotopic (exact) mass is 256 g/mol. The summed E-state index contributed by atoms with van der Waals surface area (Å²) in [5.74, 6) is 0.